The Morgan fingerprint density at radius 3 is 2.95 bits per heavy atom. The SMILES string of the molecule is C[C@@H]1CCCC[C@@H]1NC(=S)NCCc1c[nH]c2ccccc12. The Balaban J connectivity index is 1.47. The molecule has 0 aliphatic heterocycles. The smallest absolute Gasteiger partial charge is 0.166 e. The first-order chi connectivity index (χ1) is 10.7. The molecular formula is C18H25N3S. The number of fused-ring (bicyclic) bond motifs is 1. The third-order valence-electron chi connectivity index (χ3n) is 4.78. The summed E-state index contributed by atoms with van der Waals surface area (Å²) >= 11 is 5.45. The van der Waals surface area contributed by atoms with Crippen LogP contribution in [0.5, 0.6) is 0 Å². The molecule has 1 saturated carbocycles. The number of para-hydroxylation sites is 1. The molecule has 0 amide bonds. The Kier molecular flexibility index (Phi) is 4.98. The van der Waals surface area contributed by atoms with Gasteiger partial charge in [0.2, 0.25) is 0 Å². The van der Waals surface area contributed by atoms with E-state index in [2.05, 4.69) is 53.0 Å². The van der Waals surface area contributed by atoms with Gasteiger partial charge in [-0.3, -0.25) is 0 Å². The lowest BCUT2D eigenvalue weighted by atomic mass is 9.86. The molecule has 3 nitrogen and oxygen atoms in total. The van der Waals surface area contributed by atoms with Crippen molar-refractivity contribution in [3.63, 3.8) is 0 Å². The highest BCUT2D eigenvalue weighted by Gasteiger charge is 2.21. The van der Waals surface area contributed by atoms with E-state index in [1.165, 1.54) is 42.1 Å². The van der Waals surface area contributed by atoms with E-state index >= 15 is 0 Å². The molecule has 1 aromatic carbocycles. The van der Waals surface area contributed by atoms with Gasteiger partial charge in [0.15, 0.2) is 5.11 Å². The molecule has 1 aliphatic carbocycles. The summed E-state index contributed by atoms with van der Waals surface area (Å²) in [4.78, 5) is 3.32. The van der Waals surface area contributed by atoms with Crippen LogP contribution in [0.4, 0.5) is 0 Å². The molecule has 22 heavy (non-hydrogen) atoms. The highest BCUT2D eigenvalue weighted by Crippen LogP contribution is 2.23. The molecule has 0 bridgehead atoms. The van der Waals surface area contributed by atoms with Gasteiger partial charge in [0, 0.05) is 29.7 Å². The van der Waals surface area contributed by atoms with Gasteiger partial charge >= 0.3 is 0 Å². The van der Waals surface area contributed by atoms with Crippen LogP contribution >= 0.6 is 12.2 Å². The molecule has 0 unspecified atom stereocenters. The van der Waals surface area contributed by atoms with Crippen molar-refractivity contribution in [2.75, 3.05) is 6.54 Å². The molecule has 1 aromatic heterocycles. The van der Waals surface area contributed by atoms with E-state index in [0.717, 1.165) is 24.0 Å². The van der Waals surface area contributed by atoms with E-state index in [0.29, 0.717) is 6.04 Å². The zero-order valence-electron chi connectivity index (χ0n) is 13.2. The van der Waals surface area contributed by atoms with Gasteiger partial charge in [0.05, 0.1) is 0 Å². The van der Waals surface area contributed by atoms with Crippen LogP contribution < -0.4 is 10.6 Å². The summed E-state index contributed by atoms with van der Waals surface area (Å²) in [7, 11) is 0. The molecule has 0 spiro atoms. The van der Waals surface area contributed by atoms with Gasteiger partial charge < -0.3 is 15.6 Å². The van der Waals surface area contributed by atoms with Gasteiger partial charge in [0.25, 0.3) is 0 Å². The summed E-state index contributed by atoms with van der Waals surface area (Å²) in [6.07, 6.45) is 8.32. The Hall–Kier alpha value is -1.55. The predicted octanol–water partition coefficient (Wildman–Crippen LogP) is 3.75. The largest absolute Gasteiger partial charge is 0.362 e. The molecule has 0 radical (unpaired) electrons. The highest BCUT2D eigenvalue weighted by atomic mass is 32.1. The van der Waals surface area contributed by atoms with Crippen molar-refractivity contribution in [3.8, 4) is 0 Å². The summed E-state index contributed by atoms with van der Waals surface area (Å²) in [6, 6.07) is 8.97. The second-order valence-electron chi connectivity index (χ2n) is 6.38. The number of aromatic nitrogens is 1. The number of rotatable bonds is 4. The fourth-order valence-corrected chi connectivity index (χ4v) is 3.65. The first-order valence-electron chi connectivity index (χ1n) is 8.33. The Labute approximate surface area is 137 Å². The standard InChI is InChI=1S/C18H25N3S/c1-13-6-2-4-8-16(13)21-18(22)19-11-10-14-12-20-17-9-5-3-7-15(14)17/h3,5,7,9,12-13,16,20H,2,4,6,8,10-11H2,1H3,(H2,19,21,22)/t13-,16+/m1/s1. The summed E-state index contributed by atoms with van der Waals surface area (Å²) in [5.41, 5.74) is 2.55. The van der Waals surface area contributed by atoms with Crippen molar-refractivity contribution in [1.82, 2.24) is 15.6 Å². The number of aromatic amines is 1. The van der Waals surface area contributed by atoms with Crippen LogP contribution in [0.3, 0.4) is 0 Å². The molecule has 118 valence electrons. The van der Waals surface area contributed by atoms with Crippen LogP contribution in [0.15, 0.2) is 30.5 Å². The molecule has 1 heterocycles. The second-order valence-corrected chi connectivity index (χ2v) is 6.79. The van der Waals surface area contributed by atoms with Gasteiger partial charge in [-0.1, -0.05) is 38.0 Å². The molecule has 2 aromatic rings. The lowest BCUT2D eigenvalue weighted by Crippen LogP contribution is -2.46. The normalized spacial score (nSPS) is 21.7. The monoisotopic (exact) mass is 315 g/mol. The molecule has 4 heteroatoms. The zero-order chi connectivity index (χ0) is 15.4. The van der Waals surface area contributed by atoms with Crippen molar-refractivity contribution in [2.24, 2.45) is 5.92 Å². The number of H-pyrrole nitrogens is 1. The van der Waals surface area contributed by atoms with Gasteiger partial charge in [-0.15, -0.1) is 0 Å². The fourth-order valence-electron chi connectivity index (χ4n) is 3.40. The van der Waals surface area contributed by atoms with Crippen LogP contribution in [-0.2, 0) is 6.42 Å². The number of thiocarbonyl (C=S) groups is 1. The Morgan fingerprint density at radius 2 is 2.09 bits per heavy atom. The van der Waals surface area contributed by atoms with Gasteiger partial charge in [0.1, 0.15) is 0 Å². The number of hydrogen-bond donors (Lipinski definition) is 3. The third-order valence-corrected chi connectivity index (χ3v) is 5.04. The quantitative estimate of drug-likeness (QED) is 0.753. The van der Waals surface area contributed by atoms with E-state index in [-0.39, 0.29) is 0 Å². The van der Waals surface area contributed by atoms with Gasteiger partial charge in [-0.25, -0.2) is 0 Å². The average Bonchev–Trinajstić information content (AvgIpc) is 2.93. The molecule has 3 N–H and O–H groups in total. The maximum atomic E-state index is 5.45. The number of hydrogen-bond acceptors (Lipinski definition) is 1. The van der Waals surface area contributed by atoms with Crippen LogP contribution in [0.2, 0.25) is 0 Å². The summed E-state index contributed by atoms with van der Waals surface area (Å²) in [5.74, 6) is 0.724. The summed E-state index contributed by atoms with van der Waals surface area (Å²) in [6.45, 7) is 3.19. The lowest BCUT2D eigenvalue weighted by Gasteiger charge is -2.30. The van der Waals surface area contributed by atoms with Gasteiger partial charge in [-0.2, -0.15) is 0 Å². The minimum Gasteiger partial charge on any atom is -0.362 e. The van der Waals surface area contributed by atoms with Crippen molar-refractivity contribution >= 4 is 28.2 Å². The molecule has 0 saturated heterocycles. The van der Waals surface area contributed by atoms with E-state index in [1.54, 1.807) is 0 Å². The second kappa shape index (κ2) is 7.14. The van der Waals surface area contributed by atoms with E-state index in [9.17, 15) is 0 Å². The topological polar surface area (TPSA) is 39.8 Å². The minimum atomic E-state index is 0.543. The van der Waals surface area contributed by atoms with Gasteiger partial charge in [-0.05, 0) is 49.0 Å². The third kappa shape index (κ3) is 3.61. The van der Waals surface area contributed by atoms with Crippen molar-refractivity contribution < 1.29 is 0 Å². The van der Waals surface area contributed by atoms with Crippen LogP contribution in [0.25, 0.3) is 10.9 Å². The summed E-state index contributed by atoms with van der Waals surface area (Å²) in [5, 5.41) is 8.97. The van der Waals surface area contributed by atoms with E-state index in [1.807, 2.05) is 0 Å². The summed E-state index contributed by atoms with van der Waals surface area (Å²) < 4.78 is 0. The molecule has 1 fully saturated rings. The predicted molar refractivity (Wildman–Crippen MR) is 97.2 cm³/mol. The molecule has 2 atom stereocenters. The Morgan fingerprint density at radius 1 is 1.27 bits per heavy atom. The molecule has 1 aliphatic rings. The molecule has 3 rings (SSSR count). The van der Waals surface area contributed by atoms with Crippen LogP contribution in [0.1, 0.15) is 38.2 Å². The van der Waals surface area contributed by atoms with E-state index in [4.69, 9.17) is 12.2 Å². The van der Waals surface area contributed by atoms with Crippen LogP contribution in [-0.4, -0.2) is 22.7 Å². The van der Waals surface area contributed by atoms with Crippen molar-refractivity contribution in [1.29, 1.82) is 0 Å². The number of benzene rings is 1. The maximum Gasteiger partial charge on any atom is 0.166 e. The Bertz CT molecular complexity index is 634. The highest BCUT2D eigenvalue weighted by molar-refractivity contribution is 7.80. The maximum absolute atomic E-state index is 5.45. The number of nitrogens with one attached hydrogen (secondary N) is 3. The van der Waals surface area contributed by atoms with Crippen molar-refractivity contribution in [2.45, 2.75) is 45.1 Å². The zero-order valence-corrected chi connectivity index (χ0v) is 14.0. The van der Waals surface area contributed by atoms with Crippen molar-refractivity contribution in [3.05, 3.63) is 36.0 Å². The first-order valence-corrected chi connectivity index (χ1v) is 8.74. The fraction of sp³-hybridized carbons (Fsp3) is 0.500. The van der Waals surface area contributed by atoms with E-state index < -0.39 is 0 Å². The molecular weight excluding hydrogens is 290 g/mol. The lowest BCUT2D eigenvalue weighted by molar-refractivity contribution is 0.308. The minimum absolute atomic E-state index is 0.543. The first kappa shape index (κ1) is 15.3. The van der Waals surface area contributed by atoms with Crippen LogP contribution in [0, 0.1) is 5.92 Å². The average molecular weight is 315 g/mol.